The smallest absolute Gasteiger partial charge is 0.273 e. The van der Waals surface area contributed by atoms with Crippen LogP contribution < -0.4 is 10.9 Å². The number of hydrogen-bond acceptors (Lipinski definition) is 3. The molecule has 1 heterocycles. The van der Waals surface area contributed by atoms with Gasteiger partial charge in [0.2, 0.25) is 0 Å². The van der Waals surface area contributed by atoms with Gasteiger partial charge in [-0.2, -0.15) is 5.43 Å². The van der Waals surface area contributed by atoms with E-state index in [4.69, 9.17) is 17.0 Å². The van der Waals surface area contributed by atoms with E-state index in [9.17, 15) is 0 Å². The van der Waals surface area contributed by atoms with Crippen molar-refractivity contribution in [1.82, 2.24) is 10.9 Å². The molecule has 0 spiro atoms. The first-order valence-electron chi connectivity index (χ1n) is 4.99. The van der Waals surface area contributed by atoms with Crippen LogP contribution in [0.15, 0.2) is 24.3 Å². The number of ether oxygens (including phenoxy) is 1. The van der Waals surface area contributed by atoms with Gasteiger partial charge >= 0.3 is 0 Å². The van der Waals surface area contributed by atoms with Crippen molar-refractivity contribution >= 4 is 17.4 Å². The summed E-state index contributed by atoms with van der Waals surface area (Å²) >= 11 is 4.87. The van der Waals surface area contributed by atoms with Crippen LogP contribution in [0.3, 0.4) is 0 Å². The number of hydrazine groups is 1. The number of thiocarbonyl (C=S) groups is 1. The van der Waals surface area contributed by atoms with Gasteiger partial charge in [-0.05, 0) is 23.7 Å². The Bertz CT molecular complexity index is 361. The highest BCUT2D eigenvalue weighted by Gasteiger charge is 2.20. The van der Waals surface area contributed by atoms with Crippen molar-refractivity contribution in [3.8, 4) is 0 Å². The van der Waals surface area contributed by atoms with E-state index in [1.165, 1.54) is 5.56 Å². The van der Waals surface area contributed by atoms with Crippen LogP contribution in [-0.4, -0.2) is 5.17 Å². The van der Waals surface area contributed by atoms with Crippen molar-refractivity contribution < 1.29 is 4.74 Å². The molecule has 1 aliphatic rings. The molecular weight excluding hydrogens is 208 g/mol. The molecule has 1 aromatic rings. The van der Waals surface area contributed by atoms with Gasteiger partial charge in [0.25, 0.3) is 5.17 Å². The first kappa shape index (κ1) is 10.4. The first-order valence-corrected chi connectivity index (χ1v) is 5.39. The number of nitrogens with one attached hydrogen (secondary N) is 2. The quantitative estimate of drug-likeness (QED) is 0.752. The lowest BCUT2D eigenvalue weighted by molar-refractivity contribution is 0.203. The molecule has 3 nitrogen and oxygen atoms in total. The fourth-order valence-electron chi connectivity index (χ4n) is 1.50. The normalized spacial score (nSPS) is 20.2. The summed E-state index contributed by atoms with van der Waals surface area (Å²) in [6.07, 6.45) is -0.168. The Labute approximate surface area is 94.8 Å². The molecular formula is C11H14N2OS. The van der Waals surface area contributed by atoms with Gasteiger partial charge in [0, 0.05) is 5.56 Å². The summed E-state index contributed by atoms with van der Waals surface area (Å²) < 4.78 is 5.36. The Hall–Kier alpha value is -1.13. The van der Waals surface area contributed by atoms with Crippen molar-refractivity contribution in [2.45, 2.75) is 26.0 Å². The van der Waals surface area contributed by atoms with E-state index in [1.807, 2.05) is 0 Å². The Kier molecular flexibility index (Phi) is 2.88. The van der Waals surface area contributed by atoms with Gasteiger partial charge in [-0.25, -0.2) is 0 Å². The fraction of sp³-hybridized carbons (Fsp3) is 0.364. The molecule has 1 saturated heterocycles. The standard InChI is InChI=1S/C11H14N2OS/c1-7(2)8-3-5-9(6-4-8)10-12-13-11(15)14-10/h3-7,10,12H,1-2H3,(H,13,15). The third-order valence-electron chi connectivity index (χ3n) is 2.44. The second kappa shape index (κ2) is 4.16. The number of rotatable bonds is 2. The molecule has 2 N–H and O–H groups in total. The molecule has 0 aliphatic carbocycles. The molecule has 15 heavy (non-hydrogen) atoms. The maximum Gasteiger partial charge on any atom is 0.273 e. The fourth-order valence-corrected chi connectivity index (χ4v) is 1.65. The van der Waals surface area contributed by atoms with Crippen molar-refractivity contribution in [1.29, 1.82) is 0 Å². The van der Waals surface area contributed by atoms with E-state index in [0.29, 0.717) is 11.1 Å². The predicted molar refractivity (Wildman–Crippen MR) is 63.2 cm³/mol. The topological polar surface area (TPSA) is 33.3 Å². The van der Waals surface area contributed by atoms with Crippen molar-refractivity contribution in [3.05, 3.63) is 35.4 Å². The lowest BCUT2D eigenvalue weighted by Gasteiger charge is -2.10. The van der Waals surface area contributed by atoms with Crippen LogP contribution in [0.5, 0.6) is 0 Å². The minimum Gasteiger partial charge on any atom is -0.445 e. The first-order chi connectivity index (χ1) is 7.16. The maximum absolute atomic E-state index is 5.36. The van der Waals surface area contributed by atoms with Gasteiger partial charge in [-0.1, -0.05) is 38.1 Å². The molecule has 0 saturated carbocycles. The summed E-state index contributed by atoms with van der Waals surface area (Å²) in [4.78, 5) is 0. The molecule has 1 fully saturated rings. The molecule has 1 aromatic carbocycles. The lowest BCUT2D eigenvalue weighted by Crippen LogP contribution is -2.26. The molecule has 1 atom stereocenters. The summed E-state index contributed by atoms with van der Waals surface area (Å²) in [5.41, 5.74) is 8.12. The minimum absolute atomic E-state index is 0.168. The van der Waals surface area contributed by atoms with Gasteiger partial charge in [0.15, 0.2) is 6.23 Å². The highest BCUT2D eigenvalue weighted by molar-refractivity contribution is 7.80. The van der Waals surface area contributed by atoms with E-state index >= 15 is 0 Å². The van der Waals surface area contributed by atoms with Gasteiger partial charge in [-0.15, -0.1) is 0 Å². The van der Waals surface area contributed by atoms with Crippen LogP contribution in [0.4, 0.5) is 0 Å². The number of hydrogen-bond donors (Lipinski definition) is 2. The highest BCUT2D eigenvalue weighted by Crippen LogP contribution is 2.20. The zero-order chi connectivity index (χ0) is 10.8. The second-order valence-corrected chi connectivity index (χ2v) is 4.25. The van der Waals surface area contributed by atoms with Gasteiger partial charge < -0.3 is 4.74 Å². The SMILES string of the molecule is CC(C)c1ccc(C2NNC(=S)O2)cc1. The average molecular weight is 222 g/mol. The third-order valence-corrected chi connectivity index (χ3v) is 2.63. The molecule has 1 aliphatic heterocycles. The van der Waals surface area contributed by atoms with Crippen molar-refractivity contribution in [2.24, 2.45) is 0 Å². The van der Waals surface area contributed by atoms with Crippen LogP contribution in [0.25, 0.3) is 0 Å². The van der Waals surface area contributed by atoms with Crippen LogP contribution in [-0.2, 0) is 4.74 Å². The Morgan fingerprint density at radius 1 is 1.27 bits per heavy atom. The Morgan fingerprint density at radius 3 is 2.40 bits per heavy atom. The monoisotopic (exact) mass is 222 g/mol. The zero-order valence-electron chi connectivity index (χ0n) is 8.78. The van der Waals surface area contributed by atoms with Gasteiger partial charge in [-0.3, -0.25) is 5.43 Å². The molecule has 1 unspecified atom stereocenters. The highest BCUT2D eigenvalue weighted by atomic mass is 32.1. The largest absolute Gasteiger partial charge is 0.445 e. The molecule has 2 rings (SSSR count). The summed E-state index contributed by atoms with van der Waals surface area (Å²) in [6, 6.07) is 8.35. The van der Waals surface area contributed by atoms with E-state index in [-0.39, 0.29) is 6.23 Å². The minimum atomic E-state index is -0.168. The summed E-state index contributed by atoms with van der Waals surface area (Å²) in [5.74, 6) is 0.552. The molecule has 0 aromatic heterocycles. The van der Waals surface area contributed by atoms with E-state index in [1.54, 1.807) is 0 Å². The van der Waals surface area contributed by atoms with Gasteiger partial charge in [0.1, 0.15) is 0 Å². The molecule has 0 amide bonds. The van der Waals surface area contributed by atoms with E-state index in [2.05, 4.69) is 49.0 Å². The Morgan fingerprint density at radius 2 is 1.93 bits per heavy atom. The third kappa shape index (κ3) is 2.27. The van der Waals surface area contributed by atoms with Crippen LogP contribution in [0, 0.1) is 0 Å². The molecule has 4 heteroatoms. The number of benzene rings is 1. The Balaban J connectivity index is 2.13. The summed E-state index contributed by atoms with van der Waals surface area (Å²) in [5, 5.41) is 0.396. The zero-order valence-corrected chi connectivity index (χ0v) is 9.60. The maximum atomic E-state index is 5.36. The summed E-state index contributed by atoms with van der Waals surface area (Å²) in [7, 11) is 0. The van der Waals surface area contributed by atoms with Crippen molar-refractivity contribution in [3.63, 3.8) is 0 Å². The van der Waals surface area contributed by atoms with Crippen LogP contribution >= 0.6 is 12.2 Å². The van der Waals surface area contributed by atoms with Crippen molar-refractivity contribution in [2.75, 3.05) is 0 Å². The van der Waals surface area contributed by atoms with Gasteiger partial charge in [0.05, 0.1) is 0 Å². The molecule has 0 bridgehead atoms. The summed E-state index contributed by atoms with van der Waals surface area (Å²) in [6.45, 7) is 4.35. The average Bonchev–Trinajstić information content (AvgIpc) is 2.65. The predicted octanol–water partition coefficient (Wildman–Crippen LogP) is 2.22. The second-order valence-electron chi connectivity index (χ2n) is 3.88. The van der Waals surface area contributed by atoms with E-state index < -0.39 is 0 Å². The molecule has 0 radical (unpaired) electrons. The lowest BCUT2D eigenvalue weighted by atomic mass is 10.0. The van der Waals surface area contributed by atoms with Crippen LogP contribution in [0.2, 0.25) is 0 Å². The van der Waals surface area contributed by atoms with E-state index in [0.717, 1.165) is 5.56 Å². The molecule has 80 valence electrons. The van der Waals surface area contributed by atoms with Crippen LogP contribution in [0.1, 0.15) is 37.1 Å².